The molecule has 0 bridgehead atoms. The molecule has 0 amide bonds. The van der Waals surface area contributed by atoms with Crippen molar-refractivity contribution in [3.63, 3.8) is 0 Å². The summed E-state index contributed by atoms with van der Waals surface area (Å²) in [5.41, 5.74) is 4.17. The topological polar surface area (TPSA) is 0 Å². The maximum atomic E-state index is 15.1. The molecule has 0 aromatic heterocycles. The molecule has 0 N–H and O–H groups in total. The lowest BCUT2D eigenvalue weighted by atomic mass is 9.76. The molecule has 4 rings (SSSR count). The minimum absolute atomic E-state index is 0.115. The Morgan fingerprint density at radius 2 is 1.67 bits per heavy atom. The van der Waals surface area contributed by atoms with E-state index in [0.29, 0.717) is 29.5 Å². The summed E-state index contributed by atoms with van der Waals surface area (Å²) in [6.45, 7) is 4.14. The van der Waals surface area contributed by atoms with Gasteiger partial charge < -0.3 is 0 Å². The van der Waals surface area contributed by atoms with Crippen LogP contribution in [-0.2, 0) is 12.8 Å². The lowest BCUT2D eigenvalue weighted by Gasteiger charge is -2.29. The molecule has 0 saturated heterocycles. The van der Waals surface area contributed by atoms with E-state index in [1.165, 1.54) is 18.9 Å². The van der Waals surface area contributed by atoms with Gasteiger partial charge in [-0.15, -0.1) is 0 Å². The van der Waals surface area contributed by atoms with Gasteiger partial charge in [0.05, 0.1) is 0 Å². The van der Waals surface area contributed by atoms with E-state index in [1.54, 1.807) is 12.1 Å². The van der Waals surface area contributed by atoms with Gasteiger partial charge in [-0.3, -0.25) is 0 Å². The van der Waals surface area contributed by atoms with Crippen molar-refractivity contribution in [1.29, 1.82) is 0 Å². The normalized spacial score (nSPS) is 21.3. The van der Waals surface area contributed by atoms with Crippen LogP contribution in [0.2, 0.25) is 0 Å². The summed E-state index contributed by atoms with van der Waals surface area (Å²) in [5.74, 6) is -0.813. The van der Waals surface area contributed by atoms with Crippen LogP contribution in [0.4, 0.5) is 13.2 Å². The fraction of sp³-hybridized carbons (Fsp3) is 0.481. The van der Waals surface area contributed by atoms with Gasteiger partial charge in [0.15, 0.2) is 11.6 Å². The van der Waals surface area contributed by atoms with Crippen molar-refractivity contribution in [2.45, 2.75) is 77.6 Å². The molecule has 2 aromatic rings. The van der Waals surface area contributed by atoms with Gasteiger partial charge in [0, 0.05) is 5.56 Å². The van der Waals surface area contributed by atoms with Crippen LogP contribution >= 0.6 is 0 Å². The molecule has 1 fully saturated rings. The molecule has 0 radical (unpaired) electrons. The Balaban J connectivity index is 1.59. The smallest absolute Gasteiger partial charge is 0.166 e. The molecule has 3 heteroatoms. The van der Waals surface area contributed by atoms with Gasteiger partial charge in [0.1, 0.15) is 5.82 Å². The number of fused-ring (bicyclic) bond motifs is 1. The molecule has 1 saturated carbocycles. The van der Waals surface area contributed by atoms with E-state index in [0.717, 1.165) is 54.7 Å². The van der Waals surface area contributed by atoms with Gasteiger partial charge in [-0.25, -0.2) is 13.2 Å². The van der Waals surface area contributed by atoms with Gasteiger partial charge in [-0.1, -0.05) is 51.0 Å². The number of hydrogen-bond acceptors (Lipinski definition) is 0. The minimum atomic E-state index is -0.747. The quantitative estimate of drug-likeness (QED) is 0.464. The van der Waals surface area contributed by atoms with Gasteiger partial charge in [-0.05, 0) is 90.7 Å². The van der Waals surface area contributed by atoms with Crippen LogP contribution in [0.1, 0.15) is 92.5 Å². The number of halogens is 3. The fourth-order valence-electron chi connectivity index (χ4n) is 5.35. The second-order valence-corrected chi connectivity index (χ2v) is 9.00. The van der Waals surface area contributed by atoms with Gasteiger partial charge in [0.2, 0.25) is 0 Å². The molecule has 0 unspecified atom stereocenters. The molecular weight excluding hydrogens is 381 g/mol. The molecule has 0 atom stereocenters. The molecule has 2 aliphatic carbocycles. The molecule has 160 valence electrons. The van der Waals surface area contributed by atoms with E-state index in [1.807, 2.05) is 19.1 Å². The van der Waals surface area contributed by atoms with Crippen molar-refractivity contribution in [3.8, 4) is 0 Å². The van der Waals surface area contributed by atoms with Gasteiger partial charge in [-0.2, -0.15) is 0 Å². The second kappa shape index (κ2) is 8.99. The summed E-state index contributed by atoms with van der Waals surface area (Å²) in [4.78, 5) is 0. The highest BCUT2D eigenvalue weighted by Crippen LogP contribution is 2.40. The van der Waals surface area contributed by atoms with Crippen molar-refractivity contribution in [3.05, 3.63) is 69.5 Å². The first-order valence-corrected chi connectivity index (χ1v) is 11.5. The summed E-state index contributed by atoms with van der Waals surface area (Å²) in [7, 11) is 0. The molecular formula is C27H31F3. The van der Waals surface area contributed by atoms with E-state index in [9.17, 15) is 4.39 Å². The van der Waals surface area contributed by atoms with Gasteiger partial charge >= 0.3 is 0 Å². The van der Waals surface area contributed by atoms with Crippen LogP contribution in [0.5, 0.6) is 0 Å². The van der Waals surface area contributed by atoms with Crippen molar-refractivity contribution in [2.75, 3.05) is 0 Å². The Hall–Kier alpha value is -2.03. The Bertz CT molecular complexity index is 949. The highest BCUT2D eigenvalue weighted by Gasteiger charge is 2.27. The average Bonchev–Trinajstić information content (AvgIpc) is 2.76. The third-order valence-corrected chi connectivity index (χ3v) is 7.12. The summed E-state index contributed by atoms with van der Waals surface area (Å²) in [6.07, 6.45) is 10.4. The van der Waals surface area contributed by atoms with E-state index >= 15 is 8.78 Å². The second-order valence-electron chi connectivity index (χ2n) is 9.00. The van der Waals surface area contributed by atoms with Gasteiger partial charge in [0.25, 0.3) is 0 Å². The Morgan fingerprint density at radius 1 is 0.900 bits per heavy atom. The first-order chi connectivity index (χ1) is 14.5. The summed E-state index contributed by atoms with van der Waals surface area (Å²) in [6, 6.07) is 6.97. The summed E-state index contributed by atoms with van der Waals surface area (Å²) < 4.78 is 44.3. The molecule has 0 spiro atoms. The van der Waals surface area contributed by atoms with Crippen LogP contribution in [0.25, 0.3) is 11.6 Å². The van der Waals surface area contributed by atoms with Crippen molar-refractivity contribution >= 4 is 11.6 Å². The number of allylic oxidation sites excluding steroid dienone is 1. The molecule has 2 aliphatic rings. The van der Waals surface area contributed by atoms with Crippen LogP contribution in [0.15, 0.2) is 24.3 Å². The van der Waals surface area contributed by atoms with Crippen molar-refractivity contribution in [2.24, 2.45) is 5.92 Å². The Labute approximate surface area is 178 Å². The van der Waals surface area contributed by atoms with E-state index in [2.05, 4.69) is 6.92 Å². The maximum absolute atomic E-state index is 15.1. The standard InChI is InChI=1S/C27H31F3/c1-3-5-17-6-8-19(9-7-17)23-12-13-24(27(30)26(23)29)21-11-10-20-14-18(4-2)25(28)16-22(20)15-21/h12-17,19H,3-11H2,1-2H3. The SMILES string of the molecule is CCCC1CCC(c2ccc(C3=Cc4cc(F)c(CC)cc4CC3)c(F)c2F)CC1. The lowest BCUT2D eigenvalue weighted by Crippen LogP contribution is -2.15. The van der Waals surface area contributed by atoms with Crippen LogP contribution in [0.3, 0.4) is 0 Å². The van der Waals surface area contributed by atoms with Crippen LogP contribution < -0.4 is 0 Å². The first kappa shape index (κ1) is 21.2. The maximum Gasteiger partial charge on any atom is 0.166 e. The number of aryl methyl sites for hydroxylation is 2. The zero-order valence-electron chi connectivity index (χ0n) is 18.0. The third kappa shape index (κ3) is 4.08. The van der Waals surface area contributed by atoms with Crippen molar-refractivity contribution in [1.82, 2.24) is 0 Å². The zero-order chi connectivity index (χ0) is 21.3. The molecule has 30 heavy (non-hydrogen) atoms. The number of benzene rings is 2. The van der Waals surface area contributed by atoms with Crippen molar-refractivity contribution < 1.29 is 13.2 Å². The molecule has 0 heterocycles. The fourth-order valence-corrected chi connectivity index (χ4v) is 5.35. The highest BCUT2D eigenvalue weighted by atomic mass is 19.2. The predicted octanol–water partition coefficient (Wildman–Crippen LogP) is 8.23. The summed E-state index contributed by atoms with van der Waals surface area (Å²) in [5, 5.41) is 0. The predicted molar refractivity (Wildman–Crippen MR) is 118 cm³/mol. The average molecular weight is 413 g/mol. The summed E-state index contributed by atoms with van der Waals surface area (Å²) >= 11 is 0. The first-order valence-electron chi connectivity index (χ1n) is 11.5. The monoisotopic (exact) mass is 412 g/mol. The molecule has 0 aliphatic heterocycles. The number of hydrogen-bond donors (Lipinski definition) is 0. The number of rotatable bonds is 5. The molecule has 2 aromatic carbocycles. The highest BCUT2D eigenvalue weighted by molar-refractivity contribution is 5.84. The van der Waals surface area contributed by atoms with E-state index < -0.39 is 11.6 Å². The minimum Gasteiger partial charge on any atom is -0.207 e. The Kier molecular flexibility index (Phi) is 6.36. The van der Waals surface area contributed by atoms with E-state index in [-0.39, 0.29) is 11.7 Å². The molecule has 0 nitrogen and oxygen atoms in total. The zero-order valence-corrected chi connectivity index (χ0v) is 18.0. The largest absolute Gasteiger partial charge is 0.207 e. The van der Waals surface area contributed by atoms with Crippen LogP contribution in [-0.4, -0.2) is 0 Å². The Morgan fingerprint density at radius 3 is 2.37 bits per heavy atom. The van der Waals surface area contributed by atoms with Crippen LogP contribution in [0, 0.1) is 23.4 Å². The lowest BCUT2D eigenvalue weighted by molar-refractivity contribution is 0.303. The third-order valence-electron chi connectivity index (χ3n) is 7.12. The van der Waals surface area contributed by atoms with E-state index in [4.69, 9.17) is 0 Å².